The lowest BCUT2D eigenvalue weighted by atomic mass is 10.0. The molecule has 0 aliphatic carbocycles. The van der Waals surface area contributed by atoms with Crippen LogP contribution in [-0.4, -0.2) is 61.7 Å². The standard InChI is InChI=1S/C17H27FN4/c1-2-20-9-11-21(12-10-20)15-5-7-22(8-6-15)17-4-3-14(19)13-16(17)18/h3-4,13,15H,2,5-12,19H2,1H3. The number of nitrogen functional groups attached to an aromatic ring is 1. The first kappa shape index (κ1) is 15.6. The maximum Gasteiger partial charge on any atom is 0.148 e. The smallest absolute Gasteiger partial charge is 0.148 e. The second kappa shape index (κ2) is 6.84. The first-order chi connectivity index (χ1) is 10.7. The van der Waals surface area contributed by atoms with E-state index in [1.165, 1.54) is 32.2 Å². The highest BCUT2D eigenvalue weighted by atomic mass is 19.1. The van der Waals surface area contributed by atoms with Crippen molar-refractivity contribution < 1.29 is 4.39 Å². The lowest BCUT2D eigenvalue weighted by Gasteiger charge is -2.43. The van der Waals surface area contributed by atoms with E-state index in [0.29, 0.717) is 17.4 Å². The second-order valence-corrected chi connectivity index (χ2v) is 6.40. The van der Waals surface area contributed by atoms with Crippen LogP contribution in [0.3, 0.4) is 0 Å². The van der Waals surface area contributed by atoms with E-state index in [9.17, 15) is 4.39 Å². The maximum atomic E-state index is 14.0. The van der Waals surface area contributed by atoms with E-state index in [2.05, 4.69) is 21.6 Å². The van der Waals surface area contributed by atoms with E-state index in [1.807, 2.05) is 6.07 Å². The lowest BCUT2D eigenvalue weighted by Crippen LogP contribution is -2.53. The van der Waals surface area contributed by atoms with Crippen molar-refractivity contribution in [3.8, 4) is 0 Å². The van der Waals surface area contributed by atoms with Crippen molar-refractivity contribution in [2.75, 3.05) is 56.4 Å². The second-order valence-electron chi connectivity index (χ2n) is 6.40. The molecule has 2 aliphatic heterocycles. The van der Waals surface area contributed by atoms with Gasteiger partial charge in [-0.25, -0.2) is 4.39 Å². The van der Waals surface area contributed by atoms with Crippen molar-refractivity contribution in [2.24, 2.45) is 0 Å². The molecule has 2 N–H and O–H groups in total. The van der Waals surface area contributed by atoms with Gasteiger partial charge in [0.05, 0.1) is 5.69 Å². The quantitative estimate of drug-likeness (QED) is 0.867. The normalized spacial score (nSPS) is 22.2. The summed E-state index contributed by atoms with van der Waals surface area (Å²) in [6.45, 7) is 9.97. The van der Waals surface area contributed by atoms with Crippen molar-refractivity contribution in [1.82, 2.24) is 9.80 Å². The summed E-state index contributed by atoms with van der Waals surface area (Å²) in [6.07, 6.45) is 2.24. The van der Waals surface area contributed by atoms with Crippen molar-refractivity contribution >= 4 is 11.4 Å². The number of hydrogen-bond acceptors (Lipinski definition) is 4. The third-order valence-corrected chi connectivity index (χ3v) is 5.15. The van der Waals surface area contributed by atoms with Crippen LogP contribution in [0, 0.1) is 5.82 Å². The molecule has 0 atom stereocenters. The number of hydrogen-bond donors (Lipinski definition) is 1. The van der Waals surface area contributed by atoms with Crippen LogP contribution in [0.5, 0.6) is 0 Å². The molecule has 3 rings (SSSR count). The minimum Gasteiger partial charge on any atom is -0.399 e. The fourth-order valence-corrected chi connectivity index (χ4v) is 3.70. The molecule has 122 valence electrons. The Morgan fingerprint density at radius 2 is 1.77 bits per heavy atom. The molecule has 2 saturated heterocycles. The van der Waals surface area contributed by atoms with Crippen LogP contribution in [-0.2, 0) is 0 Å². The van der Waals surface area contributed by atoms with E-state index in [-0.39, 0.29) is 5.82 Å². The monoisotopic (exact) mass is 306 g/mol. The van der Waals surface area contributed by atoms with Gasteiger partial charge in [-0.1, -0.05) is 6.92 Å². The van der Waals surface area contributed by atoms with Gasteiger partial charge in [-0.2, -0.15) is 0 Å². The number of benzene rings is 1. The number of piperidine rings is 1. The van der Waals surface area contributed by atoms with Crippen LogP contribution in [0.1, 0.15) is 19.8 Å². The van der Waals surface area contributed by atoms with Crippen LogP contribution >= 0.6 is 0 Å². The molecule has 2 fully saturated rings. The van der Waals surface area contributed by atoms with E-state index < -0.39 is 0 Å². The predicted molar refractivity (Wildman–Crippen MR) is 89.7 cm³/mol. The van der Waals surface area contributed by atoms with E-state index in [1.54, 1.807) is 6.07 Å². The van der Waals surface area contributed by atoms with Gasteiger partial charge in [-0.15, -0.1) is 0 Å². The lowest BCUT2D eigenvalue weighted by molar-refractivity contribution is 0.0878. The SMILES string of the molecule is CCN1CCN(C2CCN(c3ccc(N)cc3F)CC2)CC1. The minimum absolute atomic E-state index is 0.199. The molecule has 0 spiro atoms. The Morgan fingerprint density at radius 1 is 1.09 bits per heavy atom. The number of halogens is 1. The van der Waals surface area contributed by atoms with Crippen molar-refractivity contribution in [1.29, 1.82) is 0 Å². The van der Waals surface area contributed by atoms with Gasteiger partial charge in [0.2, 0.25) is 0 Å². The summed E-state index contributed by atoms with van der Waals surface area (Å²) in [5, 5.41) is 0. The van der Waals surface area contributed by atoms with Gasteiger partial charge in [-0.3, -0.25) is 4.90 Å². The Morgan fingerprint density at radius 3 is 2.36 bits per heavy atom. The van der Waals surface area contributed by atoms with Crippen LogP contribution in [0.4, 0.5) is 15.8 Å². The molecular formula is C17H27FN4. The van der Waals surface area contributed by atoms with Gasteiger partial charge in [0, 0.05) is 51.0 Å². The van der Waals surface area contributed by atoms with Crippen LogP contribution < -0.4 is 10.6 Å². The predicted octanol–water partition coefficient (Wildman–Crippen LogP) is 2.01. The van der Waals surface area contributed by atoms with E-state index in [0.717, 1.165) is 32.5 Å². The van der Waals surface area contributed by atoms with Gasteiger partial charge < -0.3 is 15.5 Å². The number of anilines is 2. The first-order valence-electron chi connectivity index (χ1n) is 8.43. The number of piperazine rings is 1. The molecule has 2 heterocycles. The zero-order chi connectivity index (χ0) is 15.5. The topological polar surface area (TPSA) is 35.7 Å². The van der Waals surface area contributed by atoms with Gasteiger partial charge >= 0.3 is 0 Å². The Balaban J connectivity index is 1.54. The summed E-state index contributed by atoms with van der Waals surface area (Å²) in [4.78, 5) is 7.30. The van der Waals surface area contributed by atoms with Crippen LogP contribution in [0.2, 0.25) is 0 Å². The molecule has 0 radical (unpaired) electrons. The summed E-state index contributed by atoms with van der Waals surface area (Å²) in [6, 6.07) is 5.68. The highest BCUT2D eigenvalue weighted by Gasteiger charge is 2.27. The van der Waals surface area contributed by atoms with Gasteiger partial charge in [0.25, 0.3) is 0 Å². The van der Waals surface area contributed by atoms with Crippen molar-refractivity contribution in [3.63, 3.8) is 0 Å². The van der Waals surface area contributed by atoms with Crippen molar-refractivity contribution in [3.05, 3.63) is 24.0 Å². The Hall–Kier alpha value is -1.33. The number of likely N-dealkylation sites (N-methyl/N-ethyl adjacent to an activating group) is 1. The molecule has 0 bridgehead atoms. The molecule has 0 saturated carbocycles. The number of rotatable bonds is 3. The average Bonchev–Trinajstić information content (AvgIpc) is 2.55. The van der Waals surface area contributed by atoms with E-state index in [4.69, 9.17) is 5.73 Å². The zero-order valence-corrected chi connectivity index (χ0v) is 13.5. The number of nitrogens with zero attached hydrogens (tertiary/aromatic N) is 3. The molecule has 5 heteroatoms. The Labute approximate surface area is 132 Å². The first-order valence-corrected chi connectivity index (χ1v) is 8.43. The zero-order valence-electron chi connectivity index (χ0n) is 13.5. The minimum atomic E-state index is -0.199. The molecular weight excluding hydrogens is 279 g/mol. The summed E-state index contributed by atoms with van der Waals surface area (Å²) < 4.78 is 14.0. The van der Waals surface area contributed by atoms with Gasteiger partial charge in [0.15, 0.2) is 0 Å². The largest absolute Gasteiger partial charge is 0.399 e. The molecule has 2 aliphatic rings. The summed E-state index contributed by atoms with van der Waals surface area (Å²) in [5.74, 6) is -0.199. The highest BCUT2D eigenvalue weighted by molar-refractivity contribution is 5.54. The average molecular weight is 306 g/mol. The third kappa shape index (κ3) is 3.36. The highest BCUT2D eigenvalue weighted by Crippen LogP contribution is 2.26. The summed E-state index contributed by atoms with van der Waals surface area (Å²) >= 11 is 0. The molecule has 4 nitrogen and oxygen atoms in total. The third-order valence-electron chi connectivity index (χ3n) is 5.15. The van der Waals surface area contributed by atoms with Crippen LogP contribution in [0.25, 0.3) is 0 Å². The molecule has 22 heavy (non-hydrogen) atoms. The van der Waals surface area contributed by atoms with Crippen molar-refractivity contribution in [2.45, 2.75) is 25.8 Å². The Bertz CT molecular complexity index is 491. The fraction of sp³-hybridized carbons (Fsp3) is 0.647. The molecule has 1 aromatic rings. The maximum absolute atomic E-state index is 14.0. The van der Waals surface area contributed by atoms with Gasteiger partial charge in [-0.05, 0) is 37.6 Å². The van der Waals surface area contributed by atoms with Gasteiger partial charge in [0.1, 0.15) is 5.82 Å². The fourth-order valence-electron chi connectivity index (χ4n) is 3.70. The summed E-state index contributed by atoms with van der Waals surface area (Å²) in [7, 11) is 0. The molecule has 0 unspecified atom stereocenters. The molecule has 0 aromatic heterocycles. The van der Waals surface area contributed by atoms with Crippen LogP contribution in [0.15, 0.2) is 18.2 Å². The molecule has 0 amide bonds. The van der Waals surface area contributed by atoms with E-state index >= 15 is 0 Å². The summed E-state index contributed by atoms with van der Waals surface area (Å²) in [5.41, 5.74) is 6.82. The molecule has 1 aromatic carbocycles. The number of nitrogens with two attached hydrogens (primary N) is 1. The Kier molecular flexibility index (Phi) is 4.84.